The molecule has 30 heavy (non-hydrogen) atoms. The van der Waals surface area contributed by atoms with Gasteiger partial charge in [-0.05, 0) is 50.4 Å². The molecule has 0 spiro atoms. The fourth-order valence-corrected chi connectivity index (χ4v) is 4.89. The average Bonchev–Trinajstić information content (AvgIpc) is 3.16. The van der Waals surface area contributed by atoms with Crippen LogP contribution in [0.3, 0.4) is 0 Å². The van der Waals surface area contributed by atoms with Crippen LogP contribution >= 0.6 is 11.6 Å². The summed E-state index contributed by atoms with van der Waals surface area (Å²) in [5.41, 5.74) is 9.36. The lowest BCUT2D eigenvalue weighted by molar-refractivity contribution is 0.187. The molecule has 6 nitrogen and oxygen atoms in total. The number of nitrogen functional groups attached to an aromatic ring is 1. The molecular weight excluding hydrogens is 398 g/mol. The lowest BCUT2D eigenvalue weighted by Crippen LogP contribution is -2.33. The van der Waals surface area contributed by atoms with Gasteiger partial charge in [0.25, 0.3) is 0 Å². The highest BCUT2D eigenvalue weighted by Gasteiger charge is 2.25. The molecule has 0 radical (unpaired) electrons. The summed E-state index contributed by atoms with van der Waals surface area (Å²) in [5.74, 6) is 0.533. The van der Waals surface area contributed by atoms with Crippen LogP contribution in [0.1, 0.15) is 24.1 Å². The normalized spacial score (nSPS) is 19.3. The van der Waals surface area contributed by atoms with E-state index in [0.29, 0.717) is 31.0 Å². The SMILES string of the molecule is CN1CCC[C@H]1COc1nc(N)c2c(n1)CN(c1cccc3cccc(Cl)c13)CC2. The Labute approximate surface area is 181 Å². The molecule has 3 heterocycles. The maximum atomic E-state index is 6.55. The Morgan fingerprint density at radius 2 is 2.00 bits per heavy atom. The molecule has 2 aliphatic rings. The van der Waals surface area contributed by atoms with Gasteiger partial charge < -0.3 is 20.3 Å². The van der Waals surface area contributed by atoms with Gasteiger partial charge in [-0.15, -0.1) is 0 Å². The van der Waals surface area contributed by atoms with Gasteiger partial charge in [-0.2, -0.15) is 9.97 Å². The van der Waals surface area contributed by atoms with E-state index in [1.807, 2.05) is 12.1 Å². The molecule has 1 atom stereocenters. The highest BCUT2D eigenvalue weighted by molar-refractivity contribution is 6.36. The number of rotatable bonds is 4. The van der Waals surface area contributed by atoms with E-state index in [1.165, 1.54) is 6.42 Å². The molecule has 1 saturated heterocycles. The first kappa shape index (κ1) is 19.4. The standard InChI is InChI=1S/C23H26ClN5O/c1-28-11-4-7-16(28)14-30-23-26-19-13-29(12-10-17(19)22(25)27-23)20-9-3-6-15-5-2-8-18(24)21(15)20/h2-3,5-6,8-9,16H,4,7,10-14H2,1H3,(H2,25,26,27)/t16-/m0/s1. The first-order chi connectivity index (χ1) is 14.6. The molecule has 0 aliphatic carbocycles. The Hall–Kier alpha value is -2.57. The lowest BCUT2D eigenvalue weighted by atomic mass is 10.0. The first-order valence-electron chi connectivity index (χ1n) is 10.5. The molecule has 0 saturated carbocycles. The third kappa shape index (κ3) is 3.55. The van der Waals surface area contributed by atoms with Crippen molar-refractivity contribution in [2.24, 2.45) is 0 Å². The third-order valence-corrected chi connectivity index (χ3v) is 6.64. The molecule has 1 aromatic heterocycles. The van der Waals surface area contributed by atoms with Gasteiger partial charge in [0.05, 0.1) is 17.3 Å². The van der Waals surface area contributed by atoms with Crippen LogP contribution in [0.15, 0.2) is 36.4 Å². The Balaban J connectivity index is 1.41. The zero-order chi connectivity index (χ0) is 20.7. The summed E-state index contributed by atoms with van der Waals surface area (Å²) >= 11 is 6.55. The molecule has 7 heteroatoms. The van der Waals surface area contributed by atoms with Crippen molar-refractivity contribution in [3.63, 3.8) is 0 Å². The van der Waals surface area contributed by atoms with E-state index in [2.05, 4.69) is 46.1 Å². The molecule has 2 N–H and O–H groups in total. The molecule has 2 aliphatic heterocycles. The second kappa shape index (κ2) is 7.93. The van der Waals surface area contributed by atoms with Gasteiger partial charge in [0, 0.05) is 29.2 Å². The number of ether oxygens (including phenoxy) is 1. The number of hydrogen-bond acceptors (Lipinski definition) is 6. The zero-order valence-corrected chi connectivity index (χ0v) is 17.9. The van der Waals surface area contributed by atoms with Crippen molar-refractivity contribution >= 4 is 33.9 Å². The van der Waals surface area contributed by atoms with Crippen LogP contribution in [0.25, 0.3) is 10.8 Å². The molecule has 0 bridgehead atoms. The average molecular weight is 424 g/mol. The molecule has 5 rings (SSSR count). The molecule has 3 aromatic rings. The summed E-state index contributed by atoms with van der Waals surface area (Å²) in [4.78, 5) is 13.8. The molecule has 2 aromatic carbocycles. The van der Waals surface area contributed by atoms with E-state index < -0.39 is 0 Å². The van der Waals surface area contributed by atoms with E-state index in [-0.39, 0.29) is 0 Å². The molecule has 0 unspecified atom stereocenters. The second-order valence-corrected chi connectivity index (χ2v) is 8.60. The zero-order valence-electron chi connectivity index (χ0n) is 17.1. The number of nitrogens with zero attached hydrogens (tertiary/aromatic N) is 4. The first-order valence-corrected chi connectivity index (χ1v) is 10.9. The van der Waals surface area contributed by atoms with E-state index >= 15 is 0 Å². The van der Waals surface area contributed by atoms with Gasteiger partial charge in [0.15, 0.2) is 0 Å². The number of aromatic nitrogens is 2. The maximum Gasteiger partial charge on any atom is 0.318 e. The van der Waals surface area contributed by atoms with E-state index in [9.17, 15) is 0 Å². The third-order valence-electron chi connectivity index (χ3n) is 6.33. The molecule has 156 valence electrons. The van der Waals surface area contributed by atoms with Crippen LogP contribution in [0.4, 0.5) is 11.5 Å². The number of likely N-dealkylation sites (tertiary alicyclic amines) is 1. The maximum absolute atomic E-state index is 6.55. The van der Waals surface area contributed by atoms with E-state index in [1.54, 1.807) is 0 Å². The largest absolute Gasteiger partial charge is 0.462 e. The van der Waals surface area contributed by atoms with Crippen LogP contribution in [-0.4, -0.2) is 47.7 Å². The number of nitrogens with two attached hydrogens (primary N) is 1. The van der Waals surface area contributed by atoms with Gasteiger partial charge in [0.1, 0.15) is 12.4 Å². The van der Waals surface area contributed by atoms with Gasteiger partial charge in [-0.25, -0.2) is 0 Å². The van der Waals surface area contributed by atoms with Crippen molar-refractivity contribution in [1.29, 1.82) is 0 Å². The summed E-state index contributed by atoms with van der Waals surface area (Å²) in [7, 11) is 2.14. The second-order valence-electron chi connectivity index (χ2n) is 8.19. The van der Waals surface area contributed by atoms with Crippen LogP contribution in [-0.2, 0) is 13.0 Å². The smallest absolute Gasteiger partial charge is 0.318 e. The van der Waals surface area contributed by atoms with Crippen LogP contribution in [0.5, 0.6) is 6.01 Å². The Morgan fingerprint density at radius 3 is 2.80 bits per heavy atom. The molecular formula is C23H26ClN5O. The predicted molar refractivity (Wildman–Crippen MR) is 121 cm³/mol. The minimum absolute atomic E-state index is 0.379. The summed E-state index contributed by atoms with van der Waals surface area (Å²) < 4.78 is 5.95. The van der Waals surface area contributed by atoms with Gasteiger partial charge in [-0.3, -0.25) is 0 Å². The van der Waals surface area contributed by atoms with Crippen LogP contribution in [0.2, 0.25) is 5.02 Å². The van der Waals surface area contributed by atoms with Crippen molar-refractivity contribution in [3.05, 3.63) is 52.7 Å². The summed E-state index contributed by atoms with van der Waals surface area (Å²) in [6, 6.07) is 13.1. The Bertz CT molecular complexity index is 1080. The number of likely N-dealkylation sites (N-methyl/N-ethyl adjacent to an activating group) is 1. The number of fused-ring (bicyclic) bond motifs is 2. The van der Waals surface area contributed by atoms with Crippen molar-refractivity contribution < 1.29 is 4.74 Å². The topological polar surface area (TPSA) is 67.5 Å². The van der Waals surface area contributed by atoms with Crippen molar-refractivity contribution in [2.45, 2.75) is 31.8 Å². The minimum atomic E-state index is 0.379. The highest BCUT2D eigenvalue weighted by atomic mass is 35.5. The van der Waals surface area contributed by atoms with Crippen molar-refractivity contribution in [2.75, 3.05) is 37.4 Å². The van der Waals surface area contributed by atoms with Gasteiger partial charge >= 0.3 is 6.01 Å². The molecule has 1 fully saturated rings. The molecule has 0 amide bonds. The number of benzene rings is 2. The Morgan fingerprint density at radius 1 is 1.17 bits per heavy atom. The minimum Gasteiger partial charge on any atom is -0.462 e. The number of halogens is 1. The van der Waals surface area contributed by atoms with Crippen LogP contribution < -0.4 is 15.4 Å². The quantitative estimate of drug-likeness (QED) is 0.686. The lowest BCUT2D eigenvalue weighted by Gasteiger charge is -2.31. The summed E-state index contributed by atoms with van der Waals surface area (Å²) in [6.45, 7) is 3.21. The predicted octanol–water partition coefficient (Wildman–Crippen LogP) is 3.90. The van der Waals surface area contributed by atoms with E-state index in [0.717, 1.165) is 58.7 Å². The number of anilines is 2. The summed E-state index contributed by atoms with van der Waals surface area (Å²) in [5, 5.41) is 2.98. The summed E-state index contributed by atoms with van der Waals surface area (Å²) in [6.07, 6.45) is 3.15. The van der Waals surface area contributed by atoms with Crippen molar-refractivity contribution in [3.8, 4) is 6.01 Å². The fourth-order valence-electron chi connectivity index (χ4n) is 4.61. The highest BCUT2D eigenvalue weighted by Crippen LogP contribution is 2.35. The van der Waals surface area contributed by atoms with Crippen LogP contribution in [0, 0.1) is 0 Å². The fraction of sp³-hybridized carbons (Fsp3) is 0.391. The van der Waals surface area contributed by atoms with Gasteiger partial charge in [-0.1, -0.05) is 35.9 Å². The van der Waals surface area contributed by atoms with E-state index in [4.69, 9.17) is 27.1 Å². The van der Waals surface area contributed by atoms with Crippen molar-refractivity contribution in [1.82, 2.24) is 14.9 Å². The monoisotopic (exact) mass is 423 g/mol. The Kier molecular flexibility index (Phi) is 5.13. The number of hydrogen-bond donors (Lipinski definition) is 1. The van der Waals surface area contributed by atoms with Gasteiger partial charge in [0.2, 0.25) is 0 Å².